The molecule has 0 bridgehead atoms. The molecule has 1 aliphatic heterocycles. The van der Waals surface area contributed by atoms with Crippen molar-refractivity contribution in [2.24, 2.45) is 4.99 Å². The maximum atomic E-state index is 15.1. The molecule has 0 unspecified atom stereocenters. The van der Waals surface area contributed by atoms with E-state index in [-0.39, 0.29) is 39.4 Å². The number of methoxy groups -OCH3 is 1. The third-order valence-corrected chi connectivity index (χ3v) is 9.50. The number of hydrogen-bond donors (Lipinski definition) is 1. The Hall–Kier alpha value is -7.69. The number of allylic oxidation sites excluding steroid dienone is 1. The Morgan fingerprint density at radius 1 is 0.790 bits per heavy atom. The van der Waals surface area contributed by atoms with Gasteiger partial charge in [-0.1, -0.05) is 18.2 Å². The van der Waals surface area contributed by atoms with Crippen molar-refractivity contribution < 1.29 is 59.4 Å². The normalized spacial score (nSPS) is 13.3. The summed E-state index contributed by atoms with van der Waals surface area (Å²) in [5.74, 6) is -6.81. The van der Waals surface area contributed by atoms with Crippen LogP contribution < -0.4 is 14.2 Å². The summed E-state index contributed by atoms with van der Waals surface area (Å²) >= 11 is 0. The number of rotatable bonds is 11. The molecule has 7 rings (SSSR count). The van der Waals surface area contributed by atoms with E-state index < -0.39 is 75.8 Å². The number of aromatic nitrogens is 1. The second kappa shape index (κ2) is 17.1. The SMILES string of the molecule is COc1cc(C)c(/C(=C2\C=C(C(=O)OCc3ccc([N+](=O)[O-])cc3)C(Oc3ccc(F)cc3F)=N2)c2cc(-c3ccccc3C(F)(F)F)c(Oc3ccc(F)cc3F)[nH]2)c(C)c1. The van der Waals surface area contributed by atoms with Gasteiger partial charge in [-0.3, -0.25) is 10.1 Å². The molecule has 2 heterocycles. The van der Waals surface area contributed by atoms with Crippen LogP contribution in [0.5, 0.6) is 23.1 Å². The van der Waals surface area contributed by atoms with Crippen LogP contribution in [0.2, 0.25) is 0 Å². The van der Waals surface area contributed by atoms with Gasteiger partial charge in [-0.2, -0.15) is 13.2 Å². The van der Waals surface area contributed by atoms with E-state index in [9.17, 15) is 36.9 Å². The highest BCUT2D eigenvalue weighted by atomic mass is 19.4. The van der Waals surface area contributed by atoms with Crippen LogP contribution in [0.15, 0.2) is 125 Å². The molecule has 62 heavy (non-hydrogen) atoms. The Kier molecular flexibility index (Phi) is 11.7. The van der Waals surface area contributed by atoms with Gasteiger partial charge in [0, 0.05) is 35.4 Å². The summed E-state index contributed by atoms with van der Waals surface area (Å²) in [6.07, 6.45) is -3.65. The summed E-state index contributed by atoms with van der Waals surface area (Å²) in [4.78, 5) is 31.9. The van der Waals surface area contributed by atoms with Gasteiger partial charge < -0.3 is 23.9 Å². The largest absolute Gasteiger partial charge is 0.497 e. The highest BCUT2D eigenvalue weighted by Crippen LogP contribution is 2.45. The molecular formula is C45H30F7N3O7. The van der Waals surface area contributed by atoms with Crippen molar-refractivity contribution in [1.82, 2.24) is 4.98 Å². The topological polar surface area (TPSA) is 125 Å². The predicted octanol–water partition coefficient (Wildman–Crippen LogP) is 11.5. The fourth-order valence-electron chi connectivity index (χ4n) is 6.68. The summed E-state index contributed by atoms with van der Waals surface area (Å²) in [5, 5.41) is 11.1. The third-order valence-electron chi connectivity index (χ3n) is 9.50. The number of nitro benzene ring substituents is 1. The number of alkyl halides is 3. The molecule has 6 aromatic rings. The van der Waals surface area contributed by atoms with E-state index in [1.807, 2.05) is 0 Å². The number of non-ortho nitro benzene ring substituents is 1. The zero-order valence-corrected chi connectivity index (χ0v) is 32.5. The van der Waals surface area contributed by atoms with Gasteiger partial charge >= 0.3 is 12.1 Å². The predicted molar refractivity (Wildman–Crippen MR) is 212 cm³/mol. The first kappa shape index (κ1) is 42.4. The molecule has 5 aromatic carbocycles. The molecule has 0 fully saturated rings. The summed E-state index contributed by atoms with van der Waals surface area (Å²) < 4.78 is 124. The molecule has 1 aromatic heterocycles. The molecule has 0 radical (unpaired) electrons. The van der Waals surface area contributed by atoms with Gasteiger partial charge in [0.25, 0.3) is 5.69 Å². The fourth-order valence-corrected chi connectivity index (χ4v) is 6.68. The van der Waals surface area contributed by atoms with Crippen LogP contribution in [-0.4, -0.2) is 28.9 Å². The first-order chi connectivity index (χ1) is 29.5. The van der Waals surface area contributed by atoms with E-state index in [1.165, 1.54) is 61.7 Å². The maximum absolute atomic E-state index is 15.1. The molecule has 0 atom stereocenters. The quantitative estimate of drug-likeness (QED) is 0.0595. The molecule has 1 aliphatic rings. The van der Waals surface area contributed by atoms with E-state index in [1.54, 1.807) is 26.0 Å². The van der Waals surface area contributed by atoms with E-state index in [0.717, 1.165) is 30.3 Å². The Bertz CT molecular complexity index is 2820. The number of carbonyl (C=O) groups is 1. The molecule has 10 nitrogen and oxygen atoms in total. The zero-order valence-electron chi connectivity index (χ0n) is 32.5. The molecular weight excluding hydrogens is 827 g/mol. The number of benzene rings is 5. The lowest BCUT2D eigenvalue weighted by atomic mass is 9.91. The minimum atomic E-state index is -4.87. The summed E-state index contributed by atoms with van der Waals surface area (Å²) in [6.45, 7) is 3.01. The monoisotopic (exact) mass is 857 g/mol. The standard InChI is InChI=1S/C45H30F7N3O7/c1-23-16-29(59-3)17-24(2)40(23)41(36-20-31(30-6-4-5-7-33(30)45(50,51)52)42(53-36)61-38-14-10-26(46)18-34(38)48)37-21-32(43(54-37)62-39-15-11-27(47)19-35(39)49)44(56)60-22-25-8-12-28(13-9-25)55(57)58/h4-21,53H,22H2,1-3H3/b41-37+. The summed E-state index contributed by atoms with van der Waals surface area (Å²) in [5.41, 5.74) is -0.392. The number of nitrogens with one attached hydrogen (secondary N) is 1. The molecule has 17 heteroatoms. The minimum absolute atomic E-state index is 0.00803. The van der Waals surface area contributed by atoms with Crippen LogP contribution in [0.25, 0.3) is 16.7 Å². The van der Waals surface area contributed by atoms with E-state index in [2.05, 4.69) is 9.98 Å². The van der Waals surface area contributed by atoms with Gasteiger partial charge in [-0.25, -0.2) is 27.3 Å². The number of H-pyrrole nitrogens is 1. The average molecular weight is 858 g/mol. The summed E-state index contributed by atoms with van der Waals surface area (Å²) in [6, 6.07) is 19.1. The van der Waals surface area contributed by atoms with Crippen LogP contribution in [0.1, 0.15) is 33.5 Å². The Morgan fingerprint density at radius 3 is 1.98 bits per heavy atom. The number of aliphatic imine (C=N–C) groups is 1. The number of aromatic amines is 1. The molecule has 0 saturated heterocycles. The highest BCUT2D eigenvalue weighted by molar-refractivity contribution is 6.20. The lowest BCUT2D eigenvalue weighted by Gasteiger charge is -2.16. The number of esters is 1. The van der Waals surface area contributed by atoms with Gasteiger partial charge in [0.2, 0.25) is 11.8 Å². The van der Waals surface area contributed by atoms with Crippen LogP contribution in [0.4, 0.5) is 36.4 Å². The van der Waals surface area contributed by atoms with Crippen molar-refractivity contribution >= 4 is 23.1 Å². The van der Waals surface area contributed by atoms with Crippen LogP contribution >= 0.6 is 0 Å². The Labute approximate surface area is 347 Å². The van der Waals surface area contributed by atoms with Crippen molar-refractivity contribution in [2.45, 2.75) is 26.6 Å². The van der Waals surface area contributed by atoms with Crippen molar-refractivity contribution in [2.75, 3.05) is 7.11 Å². The molecule has 1 N–H and O–H groups in total. The molecule has 0 spiro atoms. The Balaban J connectivity index is 1.46. The van der Waals surface area contributed by atoms with Crippen molar-refractivity contribution in [1.29, 1.82) is 0 Å². The molecule has 0 aliphatic carbocycles. The maximum Gasteiger partial charge on any atom is 0.417 e. The van der Waals surface area contributed by atoms with Crippen molar-refractivity contribution in [3.05, 3.63) is 187 Å². The van der Waals surface area contributed by atoms with Gasteiger partial charge in [-0.05, 0) is 108 Å². The smallest absolute Gasteiger partial charge is 0.417 e. The second-order valence-electron chi connectivity index (χ2n) is 13.7. The third kappa shape index (κ3) is 8.91. The first-order valence-corrected chi connectivity index (χ1v) is 18.3. The van der Waals surface area contributed by atoms with Crippen LogP contribution in [-0.2, 0) is 22.3 Å². The average Bonchev–Trinajstić information content (AvgIpc) is 3.84. The first-order valence-electron chi connectivity index (χ1n) is 18.3. The van der Waals surface area contributed by atoms with E-state index >= 15 is 8.78 Å². The number of halogens is 7. The van der Waals surface area contributed by atoms with E-state index in [0.29, 0.717) is 40.1 Å². The van der Waals surface area contributed by atoms with Crippen LogP contribution in [0, 0.1) is 47.2 Å². The van der Waals surface area contributed by atoms with Crippen LogP contribution in [0.3, 0.4) is 0 Å². The highest BCUT2D eigenvalue weighted by Gasteiger charge is 2.36. The van der Waals surface area contributed by atoms with E-state index in [4.69, 9.17) is 18.9 Å². The number of hydrogen-bond acceptors (Lipinski definition) is 8. The number of nitrogens with zero attached hydrogens (tertiary/aromatic N) is 2. The van der Waals surface area contributed by atoms with Gasteiger partial charge in [-0.15, -0.1) is 0 Å². The van der Waals surface area contributed by atoms with Gasteiger partial charge in [0.1, 0.15) is 29.6 Å². The van der Waals surface area contributed by atoms with Crippen molar-refractivity contribution in [3.63, 3.8) is 0 Å². The number of ether oxygens (including phenoxy) is 4. The summed E-state index contributed by atoms with van der Waals surface area (Å²) in [7, 11) is 1.44. The van der Waals surface area contributed by atoms with Gasteiger partial charge in [0.15, 0.2) is 23.1 Å². The molecule has 0 amide bonds. The zero-order chi connectivity index (χ0) is 44.5. The number of carbonyl (C=O) groups excluding carboxylic acids is 1. The lowest BCUT2D eigenvalue weighted by molar-refractivity contribution is -0.384. The molecule has 316 valence electrons. The van der Waals surface area contributed by atoms with Gasteiger partial charge in [0.05, 0.1) is 29.0 Å². The molecule has 0 saturated carbocycles. The number of nitro groups is 1. The Morgan fingerprint density at radius 2 is 1.40 bits per heavy atom. The lowest BCUT2D eigenvalue weighted by Crippen LogP contribution is -2.19. The number of aryl methyl sites for hydroxylation is 2. The fraction of sp³-hybridized carbons (Fsp3) is 0.111. The minimum Gasteiger partial charge on any atom is -0.497 e. The second-order valence-corrected chi connectivity index (χ2v) is 13.7. The van der Waals surface area contributed by atoms with Crippen molar-refractivity contribution in [3.8, 4) is 34.3 Å².